The standard InChI is InChI=1S/C18H21ClFN/c1-3-10-21-18(16-7-5-4-6-13(16)2)11-14-8-9-15(19)12-17(14)20/h4-9,12,18,21H,3,10-11H2,1-2H3. The number of nitrogens with one attached hydrogen (secondary N) is 1. The molecule has 0 heterocycles. The van der Waals surface area contributed by atoms with Crippen LogP contribution in [0.1, 0.15) is 36.1 Å². The fourth-order valence-electron chi connectivity index (χ4n) is 2.50. The van der Waals surface area contributed by atoms with Gasteiger partial charge in [-0.15, -0.1) is 0 Å². The summed E-state index contributed by atoms with van der Waals surface area (Å²) in [4.78, 5) is 0. The molecule has 0 aliphatic rings. The maximum Gasteiger partial charge on any atom is 0.127 e. The van der Waals surface area contributed by atoms with Crippen molar-refractivity contribution < 1.29 is 4.39 Å². The van der Waals surface area contributed by atoms with Gasteiger partial charge in [0.15, 0.2) is 0 Å². The van der Waals surface area contributed by atoms with Gasteiger partial charge in [0.2, 0.25) is 0 Å². The zero-order valence-corrected chi connectivity index (χ0v) is 13.3. The summed E-state index contributed by atoms with van der Waals surface area (Å²) in [5.41, 5.74) is 3.14. The van der Waals surface area contributed by atoms with Gasteiger partial charge in [0.25, 0.3) is 0 Å². The summed E-state index contributed by atoms with van der Waals surface area (Å²) >= 11 is 5.82. The Bertz CT molecular complexity index is 598. The molecule has 0 saturated carbocycles. The SMILES string of the molecule is CCCNC(Cc1ccc(Cl)cc1F)c1ccccc1C. The quantitative estimate of drug-likeness (QED) is 0.785. The molecule has 112 valence electrons. The summed E-state index contributed by atoms with van der Waals surface area (Å²) in [5.74, 6) is -0.237. The zero-order chi connectivity index (χ0) is 15.2. The van der Waals surface area contributed by atoms with Crippen molar-refractivity contribution in [3.63, 3.8) is 0 Å². The molecule has 21 heavy (non-hydrogen) atoms. The largest absolute Gasteiger partial charge is 0.310 e. The summed E-state index contributed by atoms with van der Waals surface area (Å²) in [6.07, 6.45) is 1.67. The van der Waals surface area contributed by atoms with Crippen LogP contribution in [-0.2, 0) is 6.42 Å². The van der Waals surface area contributed by atoms with Crippen molar-refractivity contribution in [2.45, 2.75) is 32.7 Å². The van der Waals surface area contributed by atoms with Crippen molar-refractivity contribution >= 4 is 11.6 Å². The van der Waals surface area contributed by atoms with E-state index in [-0.39, 0.29) is 11.9 Å². The number of rotatable bonds is 6. The molecule has 2 rings (SSSR count). The first-order valence-electron chi connectivity index (χ1n) is 7.34. The fourth-order valence-corrected chi connectivity index (χ4v) is 2.65. The zero-order valence-electron chi connectivity index (χ0n) is 12.5. The third-order valence-electron chi connectivity index (χ3n) is 3.64. The van der Waals surface area contributed by atoms with Gasteiger partial charge in [0, 0.05) is 11.1 Å². The van der Waals surface area contributed by atoms with Gasteiger partial charge in [-0.25, -0.2) is 4.39 Å². The normalized spacial score (nSPS) is 12.4. The first-order chi connectivity index (χ1) is 10.1. The van der Waals surface area contributed by atoms with Crippen LogP contribution in [0.5, 0.6) is 0 Å². The first-order valence-corrected chi connectivity index (χ1v) is 7.72. The highest BCUT2D eigenvalue weighted by atomic mass is 35.5. The predicted molar refractivity (Wildman–Crippen MR) is 87.3 cm³/mol. The van der Waals surface area contributed by atoms with E-state index in [1.54, 1.807) is 12.1 Å². The smallest absolute Gasteiger partial charge is 0.127 e. The van der Waals surface area contributed by atoms with Crippen molar-refractivity contribution in [3.05, 3.63) is 70.0 Å². The molecule has 1 unspecified atom stereocenters. The lowest BCUT2D eigenvalue weighted by Gasteiger charge is -2.21. The van der Waals surface area contributed by atoms with Crippen LogP contribution in [0.4, 0.5) is 4.39 Å². The van der Waals surface area contributed by atoms with Crippen LogP contribution < -0.4 is 5.32 Å². The van der Waals surface area contributed by atoms with Crippen molar-refractivity contribution in [1.29, 1.82) is 0 Å². The number of halogens is 2. The minimum atomic E-state index is -0.237. The number of hydrogen-bond donors (Lipinski definition) is 1. The van der Waals surface area contributed by atoms with Crippen LogP contribution in [0.15, 0.2) is 42.5 Å². The second kappa shape index (κ2) is 7.58. The molecule has 2 aromatic carbocycles. The molecule has 2 aromatic rings. The van der Waals surface area contributed by atoms with E-state index in [1.807, 2.05) is 12.1 Å². The Morgan fingerprint density at radius 1 is 1.19 bits per heavy atom. The summed E-state index contributed by atoms with van der Waals surface area (Å²) in [6, 6.07) is 13.3. The van der Waals surface area contributed by atoms with E-state index >= 15 is 0 Å². The van der Waals surface area contributed by atoms with E-state index in [1.165, 1.54) is 17.2 Å². The Morgan fingerprint density at radius 3 is 2.62 bits per heavy atom. The van der Waals surface area contributed by atoms with E-state index in [4.69, 9.17) is 11.6 Å². The Morgan fingerprint density at radius 2 is 1.95 bits per heavy atom. The second-order valence-corrected chi connectivity index (χ2v) is 5.74. The maximum absolute atomic E-state index is 14.0. The highest BCUT2D eigenvalue weighted by Gasteiger charge is 2.15. The second-order valence-electron chi connectivity index (χ2n) is 5.30. The molecule has 0 bridgehead atoms. The third kappa shape index (κ3) is 4.29. The maximum atomic E-state index is 14.0. The van der Waals surface area contributed by atoms with E-state index in [0.29, 0.717) is 17.0 Å². The van der Waals surface area contributed by atoms with Crippen LogP contribution in [0.3, 0.4) is 0 Å². The van der Waals surface area contributed by atoms with Crippen LogP contribution >= 0.6 is 11.6 Å². The van der Waals surface area contributed by atoms with E-state index in [9.17, 15) is 4.39 Å². The molecule has 1 N–H and O–H groups in total. The van der Waals surface area contributed by atoms with Gasteiger partial charge in [-0.3, -0.25) is 0 Å². The molecule has 0 fully saturated rings. The van der Waals surface area contributed by atoms with Crippen LogP contribution in [0.25, 0.3) is 0 Å². The van der Waals surface area contributed by atoms with E-state index < -0.39 is 0 Å². The molecule has 0 amide bonds. The Hall–Kier alpha value is -1.38. The topological polar surface area (TPSA) is 12.0 Å². The lowest BCUT2D eigenvalue weighted by Crippen LogP contribution is -2.25. The summed E-state index contributed by atoms with van der Waals surface area (Å²) < 4.78 is 14.0. The molecule has 1 nitrogen and oxygen atoms in total. The van der Waals surface area contributed by atoms with Crippen molar-refractivity contribution in [2.75, 3.05) is 6.54 Å². The lowest BCUT2D eigenvalue weighted by molar-refractivity contribution is 0.511. The highest BCUT2D eigenvalue weighted by Crippen LogP contribution is 2.24. The van der Waals surface area contributed by atoms with Gasteiger partial charge in [-0.2, -0.15) is 0 Å². The number of hydrogen-bond acceptors (Lipinski definition) is 1. The van der Waals surface area contributed by atoms with Gasteiger partial charge in [0.1, 0.15) is 5.82 Å². The van der Waals surface area contributed by atoms with Crippen LogP contribution in [0.2, 0.25) is 5.02 Å². The molecule has 0 aliphatic carbocycles. The van der Waals surface area contributed by atoms with Gasteiger partial charge >= 0.3 is 0 Å². The monoisotopic (exact) mass is 305 g/mol. The van der Waals surface area contributed by atoms with E-state index in [2.05, 4.69) is 31.3 Å². The predicted octanol–water partition coefficient (Wildman–Crippen LogP) is 5.07. The van der Waals surface area contributed by atoms with Crippen molar-refractivity contribution in [2.24, 2.45) is 0 Å². The van der Waals surface area contributed by atoms with Gasteiger partial charge in [-0.05, 0) is 55.1 Å². The summed E-state index contributed by atoms with van der Waals surface area (Å²) in [5, 5.41) is 3.95. The van der Waals surface area contributed by atoms with Crippen molar-refractivity contribution in [3.8, 4) is 0 Å². The molecule has 0 aliphatic heterocycles. The van der Waals surface area contributed by atoms with Crippen molar-refractivity contribution in [1.82, 2.24) is 5.32 Å². The highest BCUT2D eigenvalue weighted by molar-refractivity contribution is 6.30. The molecule has 0 radical (unpaired) electrons. The Kier molecular flexibility index (Phi) is 5.77. The summed E-state index contributed by atoms with van der Waals surface area (Å²) in [6.45, 7) is 5.13. The first kappa shape index (κ1) is 16.0. The average Bonchev–Trinajstić information content (AvgIpc) is 2.46. The number of aryl methyl sites for hydroxylation is 1. The van der Waals surface area contributed by atoms with E-state index in [0.717, 1.165) is 13.0 Å². The molecule has 0 aromatic heterocycles. The minimum absolute atomic E-state index is 0.113. The fraction of sp³-hybridized carbons (Fsp3) is 0.333. The lowest BCUT2D eigenvalue weighted by atomic mass is 9.95. The van der Waals surface area contributed by atoms with Crippen LogP contribution in [0, 0.1) is 12.7 Å². The molecule has 0 spiro atoms. The van der Waals surface area contributed by atoms with Gasteiger partial charge in [0.05, 0.1) is 0 Å². The van der Waals surface area contributed by atoms with Crippen LogP contribution in [-0.4, -0.2) is 6.54 Å². The Labute approximate surface area is 131 Å². The third-order valence-corrected chi connectivity index (χ3v) is 3.88. The molecule has 1 atom stereocenters. The Balaban J connectivity index is 2.26. The van der Waals surface area contributed by atoms with Gasteiger partial charge < -0.3 is 5.32 Å². The minimum Gasteiger partial charge on any atom is -0.310 e. The number of benzene rings is 2. The molecule has 3 heteroatoms. The molecular formula is C18H21ClFN. The molecular weight excluding hydrogens is 285 g/mol. The summed E-state index contributed by atoms with van der Waals surface area (Å²) in [7, 11) is 0. The van der Waals surface area contributed by atoms with Gasteiger partial charge in [-0.1, -0.05) is 48.9 Å². The molecule has 0 saturated heterocycles. The average molecular weight is 306 g/mol.